The van der Waals surface area contributed by atoms with Gasteiger partial charge in [-0.2, -0.15) is 0 Å². The van der Waals surface area contributed by atoms with E-state index in [4.69, 9.17) is 4.74 Å². The Morgan fingerprint density at radius 2 is 1.23 bits per heavy atom. The van der Waals surface area contributed by atoms with Crippen molar-refractivity contribution in [3.05, 3.63) is 76.3 Å². The summed E-state index contributed by atoms with van der Waals surface area (Å²) in [5.41, 5.74) is 13.1. The molecule has 0 aliphatic heterocycles. The van der Waals surface area contributed by atoms with Crippen LogP contribution in [0.2, 0.25) is 0 Å². The van der Waals surface area contributed by atoms with Gasteiger partial charge in [0.2, 0.25) is 0 Å². The van der Waals surface area contributed by atoms with Crippen molar-refractivity contribution in [1.82, 2.24) is 0 Å². The molecule has 0 N–H and O–H groups in total. The van der Waals surface area contributed by atoms with Crippen LogP contribution in [0, 0.1) is 11.3 Å². The summed E-state index contributed by atoms with van der Waals surface area (Å²) in [6.45, 7) is 19.5. The average Bonchev–Trinajstić information content (AvgIpc) is 3.06. The van der Waals surface area contributed by atoms with Gasteiger partial charge in [-0.15, -0.1) is 0 Å². The predicted octanol–water partition coefficient (Wildman–Crippen LogP) is 12.5. The highest BCUT2D eigenvalue weighted by molar-refractivity contribution is 5.78. The molecule has 0 amide bonds. The molecule has 1 nitrogen and oxygen atoms in total. The number of ether oxygens (including phenoxy) is 1. The second-order valence-electron chi connectivity index (χ2n) is 13.4. The lowest BCUT2D eigenvalue weighted by Crippen LogP contribution is -2.21. The van der Waals surface area contributed by atoms with Crippen molar-refractivity contribution in [3.8, 4) is 28.0 Å². The van der Waals surface area contributed by atoms with Crippen LogP contribution >= 0.6 is 0 Å². The smallest absolute Gasteiger partial charge is 0.125 e. The van der Waals surface area contributed by atoms with Gasteiger partial charge in [-0.1, -0.05) is 130 Å². The lowest BCUT2D eigenvalue weighted by Gasteiger charge is -2.31. The summed E-state index contributed by atoms with van der Waals surface area (Å²) in [4.78, 5) is 0. The van der Waals surface area contributed by atoms with Gasteiger partial charge in [0.05, 0.1) is 6.61 Å². The molecule has 1 heteroatoms. The van der Waals surface area contributed by atoms with Crippen molar-refractivity contribution in [2.75, 3.05) is 6.61 Å². The van der Waals surface area contributed by atoms with Gasteiger partial charge in [-0.3, -0.25) is 0 Å². The molecule has 234 valence electrons. The first kappa shape index (κ1) is 33.4. The Morgan fingerprint density at radius 3 is 1.79 bits per heavy atom. The number of benzene rings is 3. The normalized spacial score (nSPS) is 17.3. The zero-order valence-electron chi connectivity index (χ0n) is 28.9. The first-order valence-electron chi connectivity index (χ1n) is 17.9. The van der Waals surface area contributed by atoms with E-state index in [2.05, 4.69) is 104 Å². The molecule has 0 unspecified atom stereocenters. The van der Waals surface area contributed by atoms with Crippen LogP contribution in [0.4, 0.5) is 0 Å². The number of hydrogen-bond acceptors (Lipinski definition) is 1. The summed E-state index contributed by atoms with van der Waals surface area (Å²) in [6, 6.07) is 19.2. The van der Waals surface area contributed by atoms with E-state index in [0.29, 0.717) is 5.41 Å². The fraction of sp³-hybridized carbons (Fsp3) is 0.571. The molecule has 3 aromatic carbocycles. The fourth-order valence-electron chi connectivity index (χ4n) is 7.80. The summed E-state index contributed by atoms with van der Waals surface area (Å²) in [7, 11) is 0. The molecule has 1 saturated carbocycles. The van der Waals surface area contributed by atoms with Gasteiger partial charge in [0.1, 0.15) is 5.75 Å². The topological polar surface area (TPSA) is 9.23 Å². The van der Waals surface area contributed by atoms with Gasteiger partial charge < -0.3 is 4.74 Å². The van der Waals surface area contributed by atoms with Crippen LogP contribution < -0.4 is 4.74 Å². The van der Waals surface area contributed by atoms with Gasteiger partial charge in [0, 0.05) is 0 Å². The molecule has 0 saturated heterocycles. The molecule has 0 radical (unpaired) electrons. The van der Waals surface area contributed by atoms with Crippen LogP contribution in [0.25, 0.3) is 22.3 Å². The standard InChI is InChI=1S/C42H60O/c1-9-31-28-36(35-22-20-34(21-23-35)33-18-16-30(8)17-19-33)24-25-39(31)40-29-32(10-2)41(38(12-4)37(40)11-3)43-27-26-42(13-5,14-6)15-7/h20-25,28-30,33H,9-19,26-27H2,1-8H3. The van der Waals surface area contributed by atoms with Crippen molar-refractivity contribution in [2.45, 2.75) is 138 Å². The van der Waals surface area contributed by atoms with Gasteiger partial charge in [0.25, 0.3) is 0 Å². The molecular formula is C42H60O. The maximum atomic E-state index is 6.74. The highest BCUT2D eigenvalue weighted by atomic mass is 16.5. The predicted molar refractivity (Wildman–Crippen MR) is 189 cm³/mol. The molecule has 0 bridgehead atoms. The van der Waals surface area contributed by atoms with Crippen LogP contribution in [0.15, 0.2) is 48.5 Å². The third kappa shape index (κ3) is 7.41. The molecule has 4 rings (SSSR count). The van der Waals surface area contributed by atoms with E-state index in [1.165, 1.54) is 101 Å². The minimum atomic E-state index is 0.402. The lowest BCUT2D eigenvalue weighted by molar-refractivity contribution is 0.172. The monoisotopic (exact) mass is 580 g/mol. The van der Waals surface area contributed by atoms with Crippen molar-refractivity contribution in [3.63, 3.8) is 0 Å². The van der Waals surface area contributed by atoms with Crippen molar-refractivity contribution in [1.29, 1.82) is 0 Å². The summed E-state index contributed by atoms with van der Waals surface area (Å²) >= 11 is 0. The number of hydrogen-bond donors (Lipinski definition) is 0. The third-order valence-electron chi connectivity index (χ3n) is 11.3. The second kappa shape index (κ2) is 15.5. The van der Waals surface area contributed by atoms with E-state index < -0.39 is 0 Å². The maximum Gasteiger partial charge on any atom is 0.125 e. The summed E-state index contributed by atoms with van der Waals surface area (Å²) in [5, 5.41) is 0. The quantitative estimate of drug-likeness (QED) is 0.184. The minimum Gasteiger partial charge on any atom is -0.493 e. The lowest BCUT2D eigenvalue weighted by atomic mass is 9.77. The van der Waals surface area contributed by atoms with Crippen LogP contribution in [-0.4, -0.2) is 6.61 Å². The molecule has 1 aliphatic rings. The Bertz CT molecular complexity index is 1290. The Morgan fingerprint density at radius 1 is 0.628 bits per heavy atom. The number of rotatable bonds is 14. The summed E-state index contributed by atoms with van der Waals surface area (Å²) in [6.07, 6.45) is 14.3. The summed E-state index contributed by atoms with van der Waals surface area (Å²) in [5.74, 6) is 2.81. The molecule has 3 aromatic rings. The molecule has 0 aromatic heterocycles. The van der Waals surface area contributed by atoms with Gasteiger partial charge in [-0.25, -0.2) is 0 Å². The van der Waals surface area contributed by atoms with Crippen LogP contribution in [0.1, 0.15) is 140 Å². The van der Waals surface area contributed by atoms with Crippen molar-refractivity contribution >= 4 is 0 Å². The molecule has 43 heavy (non-hydrogen) atoms. The zero-order chi connectivity index (χ0) is 31.0. The van der Waals surface area contributed by atoms with Crippen molar-refractivity contribution < 1.29 is 4.74 Å². The number of aryl methyl sites for hydroxylation is 2. The molecule has 1 fully saturated rings. The van der Waals surface area contributed by atoms with Crippen molar-refractivity contribution in [2.24, 2.45) is 11.3 Å². The SMILES string of the molecule is CCc1cc(-c2ccc(C3CCC(C)CC3)cc2)ccc1-c1cc(CC)c(OCCC(CC)(CC)CC)c(CC)c1CC. The third-order valence-corrected chi connectivity index (χ3v) is 11.3. The molecule has 1 aliphatic carbocycles. The molecule has 0 atom stereocenters. The van der Waals surface area contributed by atoms with Gasteiger partial charge >= 0.3 is 0 Å². The second-order valence-corrected chi connectivity index (χ2v) is 13.4. The summed E-state index contributed by atoms with van der Waals surface area (Å²) < 4.78 is 6.74. The van der Waals surface area contributed by atoms with Gasteiger partial charge in [-0.05, 0) is 118 Å². The highest BCUT2D eigenvalue weighted by Crippen LogP contribution is 2.41. The Labute approximate surface area is 264 Å². The van der Waals surface area contributed by atoms with E-state index in [1.54, 1.807) is 0 Å². The Hall–Kier alpha value is -2.54. The zero-order valence-corrected chi connectivity index (χ0v) is 28.9. The largest absolute Gasteiger partial charge is 0.493 e. The highest BCUT2D eigenvalue weighted by Gasteiger charge is 2.25. The van der Waals surface area contributed by atoms with E-state index in [-0.39, 0.29) is 0 Å². The van der Waals surface area contributed by atoms with E-state index in [0.717, 1.165) is 50.5 Å². The average molecular weight is 581 g/mol. The van der Waals surface area contributed by atoms with E-state index in [1.807, 2.05) is 0 Å². The molecule has 0 heterocycles. The Balaban J connectivity index is 1.65. The van der Waals surface area contributed by atoms with Crippen LogP contribution in [0.5, 0.6) is 5.75 Å². The van der Waals surface area contributed by atoms with Crippen LogP contribution in [0.3, 0.4) is 0 Å². The van der Waals surface area contributed by atoms with Crippen LogP contribution in [-0.2, 0) is 25.7 Å². The minimum absolute atomic E-state index is 0.402. The van der Waals surface area contributed by atoms with E-state index in [9.17, 15) is 0 Å². The Kier molecular flexibility index (Phi) is 12.0. The maximum absolute atomic E-state index is 6.74. The van der Waals surface area contributed by atoms with Gasteiger partial charge in [0.15, 0.2) is 0 Å². The molecular weight excluding hydrogens is 520 g/mol. The first-order chi connectivity index (χ1) is 20.9. The first-order valence-corrected chi connectivity index (χ1v) is 17.9. The fourth-order valence-corrected chi connectivity index (χ4v) is 7.80. The van der Waals surface area contributed by atoms with E-state index >= 15 is 0 Å². The molecule has 0 spiro atoms.